The molecular formula is C23H23ClN4O2. The second kappa shape index (κ2) is 8.71. The van der Waals surface area contributed by atoms with E-state index in [4.69, 9.17) is 11.6 Å². The quantitative estimate of drug-likeness (QED) is 0.604. The van der Waals surface area contributed by atoms with Crippen molar-refractivity contribution in [3.8, 4) is 0 Å². The summed E-state index contributed by atoms with van der Waals surface area (Å²) in [6.45, 7) is 3.88. The number of amides is 2. The van der Waals surface area contributed by atoms with Crippen LogP contribution in [0.4, 0.5) is 0 Å². The van der Waals surface area contributed by atoms with Crippen LogP contribution >= 0.6 is 11.6 Å². The standard InChI is InChI=1S/C23H23ClN4O2/c1-17-3-2-11-28-16-20(25-23(17)28)15-27-14-13-26(12-10-22(27)30)21(29)9-6-18-4-7-19(24)8-5-18/h2-9,11,16H,10,12-15H2,1H3. The molecule has 7 heteroatoms. The molecule has 3 aromatic rings. The van der Waals surface area contributed by atoms with E-state index in [0.29, 0.717) is 37.6 Å². The third kappa shape index (κ3) is 4.54. The lowest BCUT2D eigenvalue weighted by Gasteiger charge is -2.20. The molecule has 1 aliphatic heterocycles. The van der Waals surface area contributed by atoms with Crippen LogP contribution in [0.5, 0.6) is 0 Å². The highest BCUT2D eigenvalue weighted by molar-refractivity contribution is 6.30. The highest BCUT2D eigenvalue weighted by Crippen LogP contribution is 2.15. The van der Waals surface area contributed by atoms with E-state index in [9.17, 15) is 9.59 Å². The maximum Gasteiger partial charge on any atom is 0.246 e. The number of benzene rings is 1. The molecule has 0 unspecified atom stereocenters. The summed E-state index contributed by atoms with van der Waals surface area (Å²) in [6, 6.07) is 11.3. The van der Waals surface area contributed by atoms with E-state index in [0.717, 1.165) is 22.5 Å². The Balaban J connectivity index is 1.40. The third-order valence-electron chi connectivity index (χ3n) is 5.27. The number of hydrogen-bond donors (Lipinski definition) is 0. The first-order valence-corrected chi connectivity index (χ1v) is 10.3. The van der Waals surface area contributed by atoms with Crippen molar-refractivity contribution in [2.24, 2.45) is 0 Å². The van der Waals surface area contributed by atoms with Crippen LogP contribution in [-0.4, -0.2) is 50.6 Å². The molecule has 1 aliphatic rings. The second-order valence-corrected chi connectivity index (χ2v) is 7.87. The minimum Gasteiger partial charge on any atom is -0.337 e. The summed E-state index contributed by atoms with van der Waals surface area (Å²) in [4.78, 5) is 33.4. The van der Waals surface area contributed by atoms with Crippen LogP contribution in [0, 0.1) is 6.92 Å². The van der Waals surface area contributed by atoms with Crippen molar-refractivity contribution in [3.63, 3.8) is 0 Å². The lowest BCUT2D eigenvalue weighted by molar-refractivity contribution is -0.131. The topological polar surface area (TPSA) is 57.9 Å². The monoisotopic (exact) mass is 422 g/mol. The summed E-state index contributed by atoms with van der Waals surface area (Å²) in [7, 11) is 0. The summed E-state index contributed by atoms with van der Waals surface area (Å²) >= 11 is 5.89. The van der Waals surface area contributed by atoms with Gasteiger partial charge in [-0.05, 0) is 42.3 Å². The smallest absolute Gasteiger partial charge is 0.246 e. The summed E-state index contributed by atoms with van der Waals surface area (Å²) < 4.78 is 1.98. The molecule has 1 saturated heterocycles. The maximum absolute atomic E-state index is 12.6. The van der Waals surface area contributed by atoms with Gasteiger partial charge in [-0.25, -0.2) is 4.98 Å². The van der Waals surface area contributed by atoms with Gasteiger partial charge in [0.15, 0.2) is 0 Å². The number of rotatable bonds is 4. The Morgan fingerprint density at radius 2 is 1.97 bits per heavy atom. The minimum atomic E-state index is -0.0945. The van der Waals surface area contributed by atoms with E-state index >= 15 is 0 Å². The van der Waals surface area contributed by atoms with Crippen LogP contribution in [0.1, 0.15) is 23.2 Å². The van der Waals surface area contributed by atoms with E-state index in [1.165, 1.54) is 0 Å². The Morgan fingerprint density at radius 3 is 2.73 bits per heavy atom. The molecule has 0 N–H and O–H groups in total. The first-order valence-electron chi connectivity index (χ1n) is 9.93. The van der Waals surface area contributed by atoms with Crippen LogP contribution in [0.3, 0.4) is 0 Å². The normalized spacial score (nSPS) is 15.2. The van der Waals surface area contributed by atoms with Gasteiger partial charge in [0, 0.05) is 49.5 Å². The molecule has 4 rings (SSSR count). The molecular weight excluding hydrogens is 400 g/mol. The molecule has 1 aromatic carbocycles. The number of fused-ring (bicyclic) bond motifs is 1. The number of aromatic nitrogens is 2. The van der Waals surface area contributed by atoms with Gasteiger partial charge in [-0.15, -0.1) is 0 Å². The summed E-state index contributed by atoms with van der Waals surface area (Å²) in [6.07, 6.45) is 7.54. The predicted molar refractivity (Wildman–Crippen MR) is 117 cm³/mol. The molecule has 2 amide bonds. The van der Waals surface area contributed by atoms with Crippen LogP contribution < -0.4 is 0 Å². The van der Waals surface area contributed by atoms with Gasteiger partial charge in [0.2, 0.25) is 11.8 Å². The average molecular weight is 423 g/mol. The second-order valence-electron chi connectivity index (χ2n) is 7.43. The molecule has 0 aliphatic carbocycles. The van der Waals surface area contributed by atoms with Gasteiger partial charge in [-0.1, -0.05) is 29.8 Å². The van der Waals surface area contributed by atoms with Crippen molar-refractivity contribution in [3.05, 3.63) is 76.7 Å². The largest absolute Gasteiger partial charge is 0.337 e. The highest BCUT2D eigenvalue weighted by atomic mass is 35.5. The van der Waals surface area contributed by atoms with Crippen LogP contribution in [0.15, 0.2) is 54.9 Å². The van der Waals surface area contributed by atoms with Crippen LogP contribution in [-0.2, 0) is 16.1 Å². The molecule has 0 bridgehead atoms. The lowest BCUT2D eigenvalue weighted by Crippen LogP contribution is -2.34. The number of pyridine rings is 1. The van der Waals surface area contributed by atoms with Crippen molar-refractivity contribution in [1.82, 2.24) is 19.2 Å². The zero-order valence-electron chi connectivity index (χ0n) is 16.8. The number of hydrogen-bond acceptors (Lipinski definition) is 3. The zero-order chi connectivity index (χ0) is 21.1. The van der Waals surface area contributed by atoms with E-state index in [1.807, 2.05) is 48.0 Å². The number of nitrogens with zero attached hydrogens (tertiary/aromatic N) is 4. The van der Waals surface area contributed by atoms with E-state index in [1.54, 1.807) is 34.1 Å². The van der Waals surface area contributed by atoms with E-state index in [-0.39, 0.29) is 11.8 Å². The minimum absolute atomic E-state index is 0.0424. The lowest BCUT2D eigenvalue weighted by atomic mass is 10.2. The SMILES string of the molecule is Cc1cccn2cc(CN3CCN(C(=O)C=Cc4ccc(Cl)cc4)CCC3=O)nc12. The highest BCUT2D eigenvalue weighted by Gasteiger charge is 2.23. The Hall–Kier alpha value is -3.12. The van der Waals surface area contributed by atoms with E-state index in [2.05, 4.69) is 4.98 Å². The third-order valence-corrected chi connectivity index (χ3v) is 5.52. The van der Waals surface area contributed by atoms with Crippen LogP contribution in [0.2, 0.25) is 5.02 Å². The molecule has 2 aromatic heterocycles. The summed E-state index contributed by atoms with van der Waals surface area (Å²) in [5.74, 6) is -0.0521. The molecule has 3 heterocycles. The number of carbonyl (C=O) groups excluding carboxylic acids is 2. The van der Waals surface area contributed by atoms with Gasteiger partial charge in [-0.3, -0.25) is 9.59 Å². The predicted octanol–water partition coefficient (Wildman–Crippen LogP) is 3.57. The fourth-order valence-corrected chi connectivity index (χ4v) is 3.70. The maximum atomic E-state index is 12.6. The Morgan fingerprint density at radius 1 is 1.17 bits per heavy atom. The molecule has 154 valence electrons. The summed E-state index contributed by atoms with van der Waals surface area (Å²) in [5, 5.41) is 0.658. The average Bonchev–Trinajstić information content (AvgIpc) is 3.07. The molecule has 30 heavy (non-hydrogen) atoms. The molecule has 1 fully saturated rings. The fraction of sp³-hybridized carbons (Fsp3) is 0.261. The number of aryl methyl sites for hydroxylation is 1. The molecule has 0 spiro atoms. The first-order chi connectivity index (χ1) is 14.5. The fourth-order valence-electron chi connectivity index (χ4n) is 3.58. The van der Waals surface area contributed by atoms with Gasteiger partial charge < -0.3 is 14.2 Å². The summed E-state index contributed by atoms with van der Waals surface area (Å²) in [5.41, 5.74) is 3.75. The molecule has 0 radical (unpaired) electrons. The number of halogens is 1. The molecule has 6 nitrogen and oxygen atoms in total. The van der Waals surface area contributed by atoms with Crippen molar-refractivity contribution in [2.75, 3.05) is 19.6 Å². The zero-order valence-corrected chi connectivity index (χ0v) is 17.5. The van der Waals surface area contributed by atoms with E-state index < -0.39 is 0 Å². The number of imidazole rings is 1. The van der Waals surface area contributed by atoms with Gasteiger partial charge in [0.25, 0.3) is 0 Å². The van der Waals surface area contributed by atoms with Crippen molar-refractivity contribution in [1.29, 1.82) is 0 Å². The Labute approximate surface area is 180 Å². The Bertz CT molecular complexity index is 1100. The van der Waals surface area contributed by atoms with Crippen molar-refractivity contribution >= 4 is 35.1 Å². The molecule has 0 atom stereocenters. The molecule has 0 saturated carbocycles. The van der Waals surface area contributed by atoms with Gasteiger partial charge in [-0.2, -0.15) is 0 Å². The van der Waals surface area contributed by atoms with Crippen molar-refractivity contribution in [2.45, 2.75) is 19.9 Å². The number of carbonyl (C=O) groups is 2. The van der Waals surface area contributed by atoms with Crippen molar-refractivity contribution < 1.29 is 9.59 Å². The first kappa shape index (κ1) is 20.2. The van der Waals surface area contributed by atoms with Crippen LogP contribution in [0.25, 0.3) is 11.7 Å². The van der Waals surface area contributed by atoms with Gasteiger partial charge >= 0.3 is 0 Å². The van der Waals surface area contributed by atoms with Gasteiger partial charge in [0.05, 0.1) is 12.2 Å². The Kier molecular flexibility index (Phi) is 5.86. The van der Waals surface area contributed by atoms with Gasteiger partial charge in [0.1, 0.15) is 5.65 Å².